The summed E-state index contributed by atoms with van der Waals surface area (Å²) in [5.74, 6) is 0.842. The van der Waals surface area contributed by atoms with Gasteiger partial charge >= 0.3 is 0 Å². The number of ketones is 1. The molecule has 6 rings (SSSR count). The van der Waals surface area contributed by atoms with Crippen molar-refractivity contribution in [1.82, 2.24) is 9.29 Å². The van der Waals surface area contributed by atoms with Gasteiger partial charge in [0.15, 0.2) is 5.78 Å². The zero-order chi connectivity index (χ0) is 29.5. The lowest BCUT2D eigenvalue weighted by atomic mass is 9.84. The Hall–Kier alpha value is -2.52. The van der Waals surface area contributed by atoms with Crippen LogP contribution in [0.4, 0.5) is 10.2 Å². The van der Waals surface area contributed by atoms with Crippen molar-refractivity contribution in [2.24, 2.45) is 23.7 Å². The summed E-state index contributed by atoms with van der Waals surface area (Å²) >= 11 is 0. The summed E-state index contributed by atoms with van der Waals surface area (Å²) < 4.78 is 49.1. The number of sulfonamides is 1. The molecule has 0 amide bonds. The largest absolute Gasteiger partial charge is 0.493 e. The number of anilines is 1. The molecular weight excluding hydrogens is 541 g/mol. The smallest absolute Gasteiger partial charge is 0.221 e. The number of ether oxygens (including phenoxy) is 1. The fraction of sp³-hybridized carbons (Fsp3) is 0.625. The van der Waals surface area contributed by atoms with E-state index < -0.39 is 27.4 Å². The molecular formula is C32H44FN3O4S. The van der Waals surface area contributed by atoms with Gasteiger partial charge in [-0.25, -0.2) is 22.1 Å². The van der Waals surface area contributed by atoms with Crippen molar-refractivity contribution in [1.29, 1.82) is 0 Å². The van der Waals surface area contributed by atoms with Crippen LogP contribution in [0.25, 0.3) is 11.3 Å². The second-order valence-corrected chi connectivity index (χ2v) is 15.5. The predicted molar refractivity (Wildman–Crippen MR) is 160 cm³/mol. The number of nitrogens with zero attached hydrogens (tertiary/aromatic N) is 3. The third kappa shape index (κ3) is 6.77. The molecule has 1 aromatic heterocycles. The second kappa shape index (κ2) is 11.6. The molecule has 1 aliphatic carbocycles. The normalized spacial score (nSPS) is 24.6. The van der Waals surface area contributed by atoms with Gasteiger partial charge in [0.25, 0.3) is 0 Å². The van der Waals surface area contributed by atoms with E-state index in [4.69, 9.17) is 9.72 Å². The van der Waals surface area contributed by atoms with Gasteiger partial charge < -0.3 is 9.64 Å². The van der Waals surface area contributed by atoms with Crippen LogP contribution in [0.3, 0.4) is 0 Å². The first-order valence-corrected chi connectivity index (χ1v) is 16.6. The van der Waals surface area contributed by atoms with Crippen molar-refractivity contribution in [2.45, 2.75) is 72.3 Å². The van der Waals surface area contributed by atoms with Gasteiger partial charge in [-0.1, -0.05) is 20.8 Å². The second-order valence-electron chi connectivity index (χ2n) is 13.6. The molecule has 1 atom stereocenters. The van der Waals surface area contributed by atoms with Crippen LogP contribution < -0.4 is 9.64 Å². The molecule has 1 saturated carbocycles. The van der Waals surface area contributed by atoms with Crippen LogP contribution in [0, 0.1) is 29.5 Å². The number of aromatic nitrogens is 1. The summed E-state index contributed by atoms with van der Waals surface area (Å²) in [5, 5.41) is 0. The highest BCUT2D eigenvalue weighted by atomic mass is 32.2. The molecule has 0 unspecified atom stereocenters. The van der Waals surface area contributed by atoms with Gasteiger partial charge in [0.2, 0.25) is 10.0 Å². The molecule has 4 aliphatic rings. The van der Waals surface area contributed by atoms with Gasteiger partial charge in [-0.15, -0.1) is 0 Å². The molecule has 9 heteroatoms. The summed E-state index contributed by atoms with van der Waals surface area (Å²) in [4.78, 5) is 20.8. The first-order valence-electron chi connectivity index (χ1n) is 15.0. The highest BCUT2D eigenvalue weighted by Crippen LogP contribution is 2.39. The van der Waals surface area contributed by atoms with E-state index in [0.29, 0.717) is 72.4 Å². The van der Waals surface area contributed by atoms with Crippen LogP contribution in [-0.4, -0.2) is 61.0 Å². The van der Waals surface area contributed by atoms with E-state index >= 15 is 0 Å². The van der Waals surface area contributed by atoms with E-state index in [2.05, 4.69) is 25.7 Å². The molecule has 0 radical (unpaired) electrons. The number of halogens is 1. The van der Waals surface area contributed by atoms with Crippen molar-refractivity contribution >= 4 is 21.6 Å². The molecule has 4 fully saturated rings. The third-order valence-corrected chi connectivity index (χ3v) is 10.6. The number of hydrogen-bond donors (Lipinski definition) is 0. The number of rotatable bonds is 9. The lowest BCUT2D eigenvalue weighted by molar-refractivity contribution is 0.101. The van der Waals surface area contributed by atoms with Gasteiger partial charge in [0, 0.05) is 36.8 Å². The van der Waals surface area contributed by atoms with Crippen LogP contribution in [-0.2, 0) is 10.0 Å². The minimum atomic E-state index is -3.78. The molecule has 224 valence electrons. The summed E-state index contributed by atoms with van der Waals surface area (Å²) in [6.07, 6.45) is 5.16. The molecule has 0 spiro atoms. The maximum atomic E-state index is 14.6. The zero-order valence-corrected chi connectivity index (χ0v) is 25.8. The third-order valence-electron chi connectivity index (χ3n) is 8.85. The summed E-state index contributed by atoms with van der Waals surface area (Å²) in [6, 6.07) is 7.87. The van der Waals surface area contributed by atoms with Crippen LogP contribution in [0.5, 0.6) is 5.75 Å². The minimum absolute atomic E-state index is 0.281. The molecule has 3 saturated heterocycles. The predicted octanol–water partition coefficient (Wildman–Crippen LogP) is 6.18. The van der Waals surface area contributed by atoms with E-state index in [1.807, 2.05) is 13.8 Å². The van der Waals surface area contributed by atoms with Gasteiger partial charge in [-0.2, -0.15) is 0 Å². The molecule has 2 bridgehead atoms. The highest BCUT2D eigenvalue weighted by molar-refractivity contribution is 7.89. The van der Waals surface area contributed by atoms with Gasteiger partial charge in [0.1, 0.15) is 23.1 Å². The molecule has 41 heavy (non-hydrogen) atoms. The lowest BCUT2D eigenvalue weighted by Crippen LogP contribution is -2.41. The van der Waals surface area contributed by atoms with E-state index in [1.165, 1.54) is 12.1 Å². The van der Waals surface area contributed by atoms with Gasteiger partial charge in [-0.05, 0) is 93.9 Å². The van der Waals surface area contributed by atoms with Crippen molar-refractivity contribution in [2.75, 3.05) is 36.9 Å². The Morgan fingerprint density at radius 1 is 1.07 bits per heavy atom. The first-order chi connectivity index (χ1) is 19.3. The van der Waals surface area contributed by atoms with E-state index in [-0.39, 0.29) is 11.5 Å². The SMILES string of the molecule is CC(C)COc1cc(F)cc(-c2ccc(C(=O)CS(=O)(=O)N3CC4CCC(CC4)C3)c(N3C[C@@H](C)CC3(C)C)n2)c1. The van der Waals surface area contributed by atoms with Crippen molar-refractivity contribution < 1.29 is 22.3 Å². The van der Waals surface area contributed by atoms with Crippen LogP contribution in [0.15, 0.2) is 30.3 Å². The fourth-order valence-electron chi connectivity index (χ4n) is 6.86. The Morgan fingerprint density at radius 3 is 2.32 bits per heavy atom. The monoisotopic (exact) mass is 585 g/mol. The standard InChI is InChI=1S/C32H44FN3O4S/c1-21(2)19-40-27-13-25(12-26(33)14-27)29-11-10-28(31(34-29)36-16-22(3)15-32(36,4)5)30(37)20-41(38,39)35-17-23-6-7-24(18-35)9-8-23/h10-14,21-24H,6-9,15-20H2,1-5H3/t22-,23?,24?/m0/s1. The van der Waals surface area contributed by atoms with E-state index in [1.54, 1.807) is 22.5 Å². The Bertz CT molecular complexity index is 1370. The molecule has 7 nitrogen and oxygen atoms in total. The Balaban J connectivity index is 1.49. The first kappa shape index (κ1) is 30.0. The molecule has 1 aromatic carbocycles. The van der Waals surface area contributed by atoms with Crippen molar-refractivity contribution in [3.8, 4) is 17.0 Å². The number of pyridine rings is 1. The summed E-state index contributed by atoms with van der Waals surface area (Å²) in [6.45, 7) is 12.6. The average Bonchev–Trinajstić information content (AvgIpc) is 3.07. The van der Waals surface area contributed by atoms with Crippen molar-refractivity contribution in [3.63, 3.8) is 0 Å². The maximum absolute atomic E-state index is 14.6. The van der Waals surface area contributed by atoms with E-state index in [0.717, 1.165) is 32.1 Å². The van der Waals surface area contributed by atoms with Gasteiger partial charge in [0.05, 0.1) is 17.9 Å². The summed E-state index contributed by atoms with van der Waals surface area (Å²) in [7, 11) is -3.78. The molecule has 0 N–H and O–H groups in total. The van der Waals surface area contributed by atoms with Crippen LogP contribution in [0.1, 0.15) is 77.1 Å². The summed E-state index contributed by atoms with van der Waals surface area (Å²) in [5.41, 5.74) is 1.07. The Labute approximate surface area is 244 Å². The van der Waals surface area contributed by atoms with E-state index in [9.17, 15) is 17.6 Å². The quantitative estimate of drug-likeness (QED) is 0.327. The highest BCUT2D eigenvalue weighted by Gasteiger charge is 2.40. The maximum Gasteiger partial charge on any atom is 0.221 e. The molecule has 2 aromatic rings. The Kier molecular flexibility index (Phi) is 8.50. The number of fused-ring (bicyclic) bond motifs is 4. The van der Waals surface area contributed by atoms with Gasteiger partial charge in [-0.3, -0.25) is 4.79 Å². The average molecular weight is 586 g/mol. The number of carbonyl (C=O) groups excluding carboxylic acids is 1. The number of Topliss-reactive ketones (excluding diaryl/α,β-unsaturated/α-hetero) is 1. The number of carbonyl (C=O) groups is 1. The number of hydrogen-bond acceptors (Lipinski definition) is 6. The Morgan fingerprint density at radius 2 is 1.73 bits per heavy atom. The lowest BCUT2D eigenvalue weighted by Gasteiger charge is -2.34. The van der Waals surface area contributed by atoms with Crippen LogP contribution >= 0.6 is 0 Å². The topological polar surface area (TPSA) is 79.8 Å². The molecule has 3 aliphatic heterocycles. The number of benzene rings is 1. The fourth-order valence-corrected chi connectivity index (χ4v) is 8.40. The minimum Gasteiger partial charge on any atom is -0.493 e. The zero-order valence-electron chi connectivity index (χ0n) is 25.0. The van der Waals surface area contributed by atoms with Crippen molar-refractivity contribution in [3.05, 3.63) is 41.7 Å². The van der Waals surface area contributed by atoms with Crippen LogP contribution in [0.2, 0.25) is 0 Å². The molecule has 4 heterocycles.